The second-order valence-electron chi connectivity index (χ2n) is 9.84. The van der Waals surface area contributed by atoms with Gasteiger partial charge in [-0.05, 0) is 0 Å². The van der Waals surface area contributed by atoms with Gasteiger partial charge < -0.3 is 24.8 Å². The maximum absolute atomic E-state index is 4.16. The third-order valence-corrected chi connectivity index (χ3v) is 23.7. The van der Waals surface area contributed by atoms with E-state index in [2.05, 4.69) is 134 Å². The molecular formula is C32H39Cl2N2SiTi. The molecule has 0 heterocycles. The summed E-state index contributed by atoms with van der Waals surface area (Å²) in [6, 6.07) is 18.2. The van der Waals surface area contributed by atoms with Crippen LogP contribution >= 0.6 is 0 Å². The van der Waals surface area contributed by atoms with Gasteiger partial charge in [0.15, 0.2) is 0 Å². The van der Waals surface area contributed by atoms with E-state index in [1.165, 1.54) is 33.4 Å². The molecule has 199 valence electrons. The van der Waals surface area contributed by atoms with E-state index in [0.29, 0.717) is 8.45 Å². The van der Waals surface area contributed by atoms with Gasteiger partial charge in [0, 0.05) is 0 Å². The first-order chi connectivity index (χ1) is 17.5. The van der Waals surface area contributed by atoms with E-state index in [9.17, 15) is 0 Å². The zero-order chi connectivity index (χ0) is 25.7. The van der Waals surface area contributed by atoms with Crippen LogP contribution in [0.15, 0.2) is 110 Å². The molecule has 0 bridgehead atoms. The Morgan fingerprint density at radius 2 is 1.00 bits per heavy atom. The molecular weight excluding hydrogens is 559 g/mol. The van der Waals surface area contributed by atoms with Crippen LogP contribution in [-0.2, 0) is 17.1 Å². The monoisotopic (exact) mass is 597 g/mol. The van der Waals surface area contributed by atoms with Crippen molar-refractivity contribution in [1.82, 2.24) is 9.13 Å². The van der Waals surface area contributed by atoms with Crippen LogP contribution in [-0.4, -0.2) is 42.3 Å². The first-order valence-corrected chi connectivity index (χ1v) is 19.0. The van der Waals surface area contributed by atoms with Crippen molar-refractivity contribution in [2.75, 3.05) is 26.2 Å². The molecule has 2 nitrogen and oxygen atoms in total. The summed E-state index contributed by atoms with van der Waals surface area (Å²) >= 11 is -2.03. The molecule has 2 aliphatic carbocycles. The van der Waals surface area contributed by atoms with Gasteiger partial charge in [0.25, 0.3) is 0 Å². The second-order valence-corrected chi connectivity index (χ2v) is 20.6. The summed E-state index contributed by atoms with van der Waals surface area (Å²) in [6.45, 7) is 23.2. The van der Waals surface area contributed by atoms with Crippen molar-refractivity contribution in [3.8, 4) is 0 Å². The molecule has 0 aromatic heterocycles. The molecule has 0 fully saturated rings. The molecule has 2 atom stereocenters. The summed E-state index contributed by atoms with van der Waals surface area (Å²) in [4.78, 5) is 0. The summed E-state index contributed by atoms with van der Waals surface area (Å²) in [5, 5.41) is 0. The van der Waals surface area contributed by atoms with Crippen LogP contribution in [0.25, 0.3) is 12.2 Å². The Balaban J connectivity index is 0.00000253. The standard InChI is InChI=1S/C12H21N2Si.2C10H9.2ClH.Ti/c1-5-9-13(10-6-2)15-14(11-7-3)12-8-4;2*1-8-6-9-4-2-3-5-10(9)7-8;;;/h5-8,15H,1-4,9-12H2;2*2-7H,1H3;2*1H;/q;;;;;+2/p-2. The largest absolute Gasteiger partial charge is 1.00 e. The number of nitrogens with zero attached hydrogens (tertiary/aromatic N) is 2. The summed E-state index contributed by atoms with van der Waals surface area (Å²) in [5.41, 5.74) is 8.96. The number of allylic oxidation sites excluding steroid dienone is 2. The van der Waals surface area contributed by atoms with E-state index >= 15 is 0 Å². The molecule has 2 aromatic rings. The van der Waals surface area contributed by atoms with Gasteiger partial charge in [0.2, 0.25) is 0 Å². The quantitative estimate of drug-likeness (QED) is 0.251. The van der Waals surface area contributed by atoms with Crippen molar-refractivity contribution in [3.05, 3.63) is 133 Å². The third kappa shape index (κ3) is 6.54. The first kappa shape index (κ1) is 32.5. The summed E-state index contributed by atoms with van der Waals surface area (Å²) in [7, 11) is 0. The fourth-order valence-corrected chi connectivity index (χ4v) is 26.2. The van der Waals surface area contributed by atoms with Crippen molar-refractivity contribution in [1.29, 1.82) is 0 Å². The molecule has 0 saturated heterocycles. The average Bonchev–Trinajstić information content (AvgIpc) is 3.38. The molecule has 0 aliphatic heterocycles. The van der Waals surface area contributed by atoms with Crippen molar-refractivity contribution < 1.29 is 41.9 Å². The zero-order valence-corrected chi connectivity index (χ0v) is 26.9. The fraction of sp³-hybridized carbons (Fsp3) is 0.250. The van der Waals surface area contributed by atoms with Gasteiger partial charge in [0.1, 0.15) is 0 Å². The molecule has 4 rings (SSSR count). The van der Waals surface area contributed by atoms with Crippen molar-refractivity contribution in [3.63, 3.8) is 0 Å². The average molecular weight is 599 g/mol. The third-order valence-electron chi connectivity index (χ3n) is 7.40. The second kappa shape index (κ2) is 15.2. The number of benzene rings is 2. The maximum Gasteiger partial charge on any atom is -1.00 e. The van der Waals surface area contributed by atoms with Crippen LogP contribution in [0.5, 0.6) is 0 Å². The molecule has 38 heavy (non-hydrogen) atoms. The van der Waals surface area contributed by atoms with Crippen molar-refractivity contribution in [2.24, 2.45) is 0 Å². The van der Waals surface area contributed by atoms with Crippen LogP contribution in [0.4, 0.5) is 0 Å². The van der Waals surface area contributed by atoms with E-state index in [4.69, 9.17) is 0 Å². The van der Waals surface area contributed by atoms with Gasteiger partial charge in [0.05, 0.1) is 0 Å². The Labute approximate surface area is 249 Å². The Bertz CT molecular complexity index is 1100. The molecule has 2 aliphatic rings. The number of hydrogen-bond acceptors (Lipinski definition) is 2. The van der Waals surface area contributed by atoms with Crippen LogP contribution < -0.4 is 24.8 Å². The van der Waals surface area contributed by atoms with Gasteiger partial charge in [-0.2, -0.15) is 0 Å². The van der Waals surface area contributed by atoms with Crippen LogP contribution in [0.3, 0.4) is 0 Å². The van der Waals surface area contributed by atoms with Crippen LogP contribution in [0.2, 0.25) is 0 Å². The van der Waals surface area contributed by atoms with Crippen molar-refractivity contribution in [2.45, 2.75) is 22.3 Å². The smallest absolute Gasteiger partial charge is 1.00 e. The fourth-order valence-electron chi connectivity index (χ4n) is 6.17. The van der Waals surface area contributed by atoms with Gasteiger partial charge in [-0.15, -0.1) is 0 Å². The predicted octanol–water partition coefficient (Wildman–Crippen LogP) is 0.994. The van der Waals surface area contributed by atoms with E-state index < -0.39 is 24.1 Å². The van der Waals surface area contributed by atoms with E-state index in [1.54, 1.807) is 0 Å². The molecule has 0 spiro atoms. The summed E-state index contributed by atoms with van der Waals surface area (Å²) in [5.74, 6) is 0. The van der Waals surface area contributed by atoms with Crippen LogP contribution in [0, 0.1) is 0 Å². The molecule has 0 radical (unpaired) electrons. The van der Waals surface area contributed by atoms with Crippen LogP contribution in [0.1, 0.15) is 44.5 Å². The summed E-state index contributed by atoms with van der Waals surface area (Å²) < 4.78 is 6.52. The minimum Gasteiger partial charge on any atom is -1.00 e. The molecule has 6 heteroatoms. The predicted molar refractivity (Wildman–Crippen MR) is 157 cm³/mol. The molecule has 0 N–H and O–H groups in total. The number of fused-ring (bicyclic) bond motifs is 2. The van der Waals surface area contributed by atoms with E-state index in [-0.39, 0.29) is 24.8 Å². The minimum absolute atomic E-state index is 0. The number of rotatable bonds is 13. The van der Waals surface area contributed by atoms with Crippen molar-refractivity contribution >= 4 is 19.1 Å². The SMILES string of the molecule is C=CCN(CC=C)[SiH](N(CC=C)CC=C)[Ti+2]([CH]1C(C)=Cc2ccccc21)[CH]1C(C)=Cc2ccccc21.[Cl-].[Cl-]. The van der Waals surface area contributed by atoms with E-state index in [0.717, 1.165) is 26.2 Å². The minimum atomic E-state index is -2.03. The van der Waals surface area contributed by atoms with E-state index in [1.807, 2.05) is 0 Å². The molecule has 0 saturated carbocycles. The Kier molecular flexibility index (Phi) is 13.0. The Hall–Kier alpha value is -1.69. The molecule has 0 amide bonds. The normalized spacial score (nSPS) is 17.1. The first-order valence-electron chi connectivity index (χ1n) is 12.9. The maximum atomic E-state index is 4.16. The number of halogens is 2. The van der Waals surface area contributed by atoms with Gasteiger partial charge in [-0.3, -0.25) is 0 Å². The van der Waals surface area contributed by atoms with Gasteiger partial charge in [-0.25, -0.2) is 0 Å². The van der Waals surface area contributed by atoms with Gasteiger partial charge in [-0.1, -0.05) is 0 Å². The Morgan fingerprint density at radius 3 is 1.34 bits per heavy atom. The van der Waals surface area contributed by atoms with Gasteiger partial charge >= 0.3 is 226 Å². The zero-order valence-electron chi connectivity index (χ0n) is 22.6. The molecule has 2 aromatic carbocycles. The summed E-state index contributed by atoms with van der Waals surface area (Å²) in [6.07, 6.45) is 13.2. The number of hydrogen-bond donors (Lipinski definition) is 0. The Morgan fingerprint density at radius 1 is 0.658 bits per heavy atom. The topological polar surface area (TPSA) is 6.48 Å². The molecule has 2 unspecified atom stereocenters.